The second kappa shape index (κ2) is 7.52. The Kier molecular flexibility index (Phi) is 4.70. The Bertz CT molecular complexity index is 1160. The molecule has 2 aliphatic heterocycles. The van der Waals surface area contributed by atoms with Crippen LogP contribution in [0.1, 0.15) is 31.4 Å². The molecule has 4 heteroatoms. The van der Waals surface area contributed by atoms with E-state index in [2.05, 4.69) is 94.9 Å². The normalized spacial score (nSPS) is 17.1. The number of fused-ring (bicyclic) bond motifs is 2. The highest BCUT2D eigenvalue weighted by atomic mass is 15.2. The van der Waals surface area contributed by atoms with Gasteiger partial charge in [-0.05, 0) is 47.9 Å². The van der Waals surface area contributed by atoms with E-state index in [9.17, 15) is 0 Å². The first-order valence-corrected chi connectivity index (χ1v) is 10.7. The number of aromatic amines is 1. The van der Waals surface area contributed by atoms with Gasteiger partial charge < -0.3 is 15.2 Å². The first-order valence-electron chi connectivity index (χ1n) is 10.7. The van der Waals surface area contributed by atoms with E-state index in [0.29, 0.717) is 0 Å². The number of hydrogen-bond acceptors (Lipinski definition) is 3. The number of aromatic nitrogens is 1. The molecule has 0 atom stereocenters. The van der Waals surface area contributed by atoms with Crippen molar-refractivity contribution in [1.82, 2.24) is 4.98 Å². The minimum Gasteiger partial charge on any atom is -0.385 e. The molecule has 1 aromatic heterocycles. The lowest BCUT2D eigenvalue weighted by atomic mass is 9.87. The van der Waals surface area contributed by atoms with Crippen LogP contribution in [0.5, 0.6) is 0 Å². The topological polar surface area (TPSA) is 43.4 Å². The summed E-state index contributed by atoms with van der Waals surface area (Å²) < 4.78 is 0. The van der Waals surface area contributed by atoms with Crippen LogP contribution >= 0.6 is 0 Å². The molecule has 152 valence electrons. The van der Waals surface area contributed by atoms with Gasteiger partial charge >= 0.3 is 0 Å². The molecule has 0 saturated carbocycles. The van der Waals surface area contributed by atoms with E-state index in [-0.39, 0.29) is 5.41 Å². The zero-order chi connectivity index (χ0) is 20.6. The number of nitrogens with zero attached hydrogens (tertiary/aromatic N) is 2. The number of aliphatic imine (C=N–C) groups is 1. The van der Waals surface area contributed by atoms with Crippen LogP contribution in [-0.4, -0.2) is 24.3 Å². The molecule has 0 spiro atoms. The Morgan fingerprint density at radius 2 is 2.07 bits per heavy atom. The summed E-state index contributed by atoms with van der Waals surface area (Å²) in [6, 6.07) is 15.3. The van der Waals surface area contributed by atoms with Crippen molar-refractivity contribution in [1.29, 1.82) is 0 Å². The SMILES string of the molecule is CC1(C)CN(C2=CC=NC=CC2)c2ccc(NCCc3c[nH]c4ccccc34)cc21. The maximum Gasteiger partial charge on any atom is 0.0456 e. The van der Waals surface area contributed by atoms with Gasteiger partial charge in [0.2, 0.25) is 0 Å². The largest absolute Gasteiger partial charge is 0.385 e. The average molecular weight is 397 g/mol. The Balaban J connectivity index is 1.33. The second-order valence-corrected chi connectivity index (χ2v) is 8.78. The van der Waals surface area contributed by atoms with Gasteiger partial charge in [0.05, 0.1) is 0 Å². The molecule has 2 aromatic carbocycles. The van der Waals surface area contributed by atoms with Crippen molar-refractivity contribution in [3.63, 3.8) is 0 Å². The summed E-state index contributed by atoms with van der Waals surface area (Å²) in [7, 11) is 0. The summed E-state index contributed by atoms with van der Waals surface area (Å²) >= 11 is 0. The molecule has 4 nitrogen and oxygen atoms in total. The molecule has 0 aliphatic carbocycles. The van der Waals surface area contributed by atoms with Crippen LogP contribution in [0, 0.1) is 0 Å². The van der Waals surface area contributed by atoms with Crippen LogP contribution in [0.4, 0.5) is 11.4 Å². The number of para-hydroxylation sites is 1. The van der Waals surface area contributed by atoms with E-state index in [1.807, 2.05) is 12.4 Å². The molecular weight excluding hydrogens is 368 g/mol. The van der Waals surface area contributed by atoms with Crippen molar-refractivity contribution in [3.05, 3.63) is 83.8 Å². The lowest BCUT2D eigenvalue weighted by Crippen LogP contribution is -2.28. The zero-order valence-corrected chi connectivity index (χ0v) is 17.7. The predicted molar refractivity (Wildman–Crippen MR) is 128 cm³/mol. The van der Waals surface area contributed by atoms with Crippen molar-refractivity contribution in [2.24, 2.45) is 4.99 Å². The quantitative estimate of drug-likeness (QED) is 0.573. The minimum atomic E-state index is 0.109. The van der Waals surface area contributed by atoms with Gasteiger partial charge in [-0.15, -0.1) is 0 Å². The van der Waals surface area contributed by atoms with Crippen LogP contribution in [-0.2, 0) is 11.8 Å². The number of benzene rings is 2. The summed E-state index contributed by atoms with van der Waals surface area (Å²) in [5.41, 5.74) is 7.90. The minimum absolute atomic E-state index is 0.109. The van der Waals surface area contributed by atoms with Crippen molar-refractivity contribution >= 4 is 28.5 Å². The third-order valence-corrected chi connectivity index (χ3v) is 6.19. The zero-order valence-electron chi connectivity index (χ0n) is 17.7. The molecule has 30 heavy (non-hydrogen) atoms. The standard InChI is InChI=1S/C26H28N4/c1-26(2)18-30(21-6-5-13-27-14-12-21)25-10-9-20(16-23(25)26)28-15-11-19-17-29-24-8-4-3-7-22(19)24/h3-5,7-10,12-14,16-17,28-29H,6,11,15,18H2,1-2H3. The molecule has 0 amide bonds. The van der Waals surface area contributed by atoms with Gasteiger partial charge in [-0.1, -0.05) is 38.1 Å². The molecule has 2 aliphatic rings. The van der Waals surface area contributed by atoms with Gasteiger partial charge in [-0.25, -0.2) is 0 Å². The smallest absolute Gasteiger partial charge is 0.0456 e. The van der Waals surface area contributed by atoms with Gasteiger partial charge in [0.25, 0.3) is 0 Å². The number of anilines is 2. The first kappa shape index (κ1) is 18.7. The van der Waals surface area contributed by atoms with E-state index in [1.165, 1.54) is 39.1 Å². The molecular formula is C26H28N4. The van der Waals surface area contributed by atoms with E-state index in [4.69, 9.17) is 0 Å². The Morgan fingerprint density at radius 3 is 3.00 bits per heavy atom. The third-order valence-electron chi connectivity index (χ3n) is 6.19. The summed E-state index contributed by atoms with van der Waals surface area (Å²) in [5.74, 6) is 0. The Morgan fingerprint density at radius 1 is 1.17 bits per heavy atom. The third kappa shape index (κ3) is 3.43. The fraction of sp³-hybridized carbons (Fsp3) is 0.269. The second-order valence-electron chi connectivity index (χ2n) is 8.78. The lowest BCUT2D eigenvalue weighted by Gasteiger charge is -2.24. The highest BCUT2D eigenvalue weighted by molar-refractivity contribution is 5.83. The number of allylic oxidation sites excluding steroid dienone is 2. The summed E-state index contributed by atoms with van der Waals surface area (Å²) in [6.45, 7) is 6.58. The van der Waals surface area contributed by atoms with Gasteiger partial charge in [0.1, 0.15) is 0 Å². The molecule has 3 heterocycles. The summed E-state index contributed by atoms with van der Waals surface area (Å²) in [4.78, 5) is 10.1. The maximum absolute atomic E-state index is 4.25. The fourth-order valence-corrected chi connectivity index (χ4v) is 4.61. The molecule has 0 bridgehead atoms. The monoisotopic (exact) mass is 396 g/mol. The Hall–Kier alpha value is -3.27. The molecule has 2 N–H and O–H groups in total. The van der Waals surface area contributed by atoms with Crippen molar-refractivity contribution < 1.29 is 0 Å². The number of H-pyrrole nitrogens is 1. The van der Waals surface area contributed by atoms with Crippen LogP contribution in [0.15, 0.2) is 77.7 Å². The Labute approximate surface area is 178 Å². The highest BCUT2D eigenvalue weighted by Gasteiger charge is 2.36. The van der Waals surface area contributed by atoms with Gasteiger partial charge in [-0.3, -0.25) is 4.99 Å². The molecule has 0 fully saturated rings. The predicted octanol–water partition coefficient (Wildman–Crippen LogP) is 5.79. The summed E-state index contributed by atoms with van der Waals surface area (Å²) in [6.07, 6.45) is 12.1. The van der Waals surface area contributed by atoms with E-state index in [1.54, 1.807) is 0 Å². The van der Waals surface area contributed by atoms with E-state index >= 15 is 0 Å². The maximum atomic E-state index is 4.25. The number of hydrogen-bond donors (Lipinski definition) is 2. The first-order chi connectivity index (χ1) is 14.6. The molecule has 0 saturated heterocycles. The van der Waals surface area contributed by atoms with E-state index < -0.39 is 0 Å². The van der Waals surface area contributed by atoms with Crippen molar-refractivity contribution in [3.8, 4) is 0 Å². The fourth-order valence-electron chi connectivity index (χ4n) is 4.61. The molecule has 0 radical (unpaired) electrons. The molecule has 0 unspecified atom stereocenters. The van der Waals surface area contributed by atoms with Crippen molar-refractivity contribution in [2.45, 2.75) is 32.1 Å². The van der Waals surface area contributed by atoms with Gasteiger partial charge in [0, 0.05) is 71.5 Å². The number of nitrogens with one attached hydrogen (secondary N) is 2. The average Bonchev–Trinajstić information content (AvgIpc) is 3.13. The highest BCUT2D eigenvalue weighted by Crippen LogP contribution is 2.44. The van der Waals surface area contributed by atoms with Crippen LogP contribution in [0.3, 0.4) is 0 Å². The van der Waals surface area contributed by atoms with Gasteiger partial charge in [0.15, 0.2) is 0 Å². The van der Waals surface area contributed by atoms with Crippen molar-refractivity contribution in [2.75, 3.05) is 23.3 Å². The number of rotatable bonds is 5. The van der Waals surface area contributed by atoms with Crippen LogP contribution in [0.2, 0.25) is 0 Å². The molecule has 5 rings (SSSR count). The lowest BCUT2D eigenvalue weighted by molar-refractivity contribution is 0.562. The van der Waals surface area contributed by atoms with Crippen LogP contribution < -0.4 is 10.2 Å². The summed E-state index contributed by atoms with van der Waals surface area (Å²) in [5, 5.41) is 4.96. The van der Waals surface area contributed by atoms with Crippen LogP contribution in [0.25, 0.3) is 10.9 Å². The molecule has 3 aromatic rings. The van der Waals surface area contributed by atoms with E-state index in [0.717, 1.165) is 25.9 Å². The van der Waals surface area contributed by atoms with Gasteiger partial charge in [-0.2, -0.15) is 0 Å².